The Morgan fingerprint density at radius 2 is 2.21 bits per heavy atom. The number of aromatic nitrogens is 1. The number of amides is 2. The number of carbonyl (C=O) groups is 2. The number of aryl methyl sites for hydroxylation is 1. The summed E-state index contributed by atoms with van der Waals surface area (Å²) in [6.45, 7) is 3.88. The number of hydrogen-bond donors (Lipinski definition) is 0. The summed E-state index contributed by atoms with van der Waals surface area (Å²) in [5.41, 5.74) is 1.87. The zero-order chi connectivity index (χ0) is 16.7. The van der Waals surface area contributed by atoms with Crippen molar-refractivity contribution < 1.29 is 14.3 Å². The fraction of sp³-hybridized carbons (Fsp3) is 0.611. The highest BCUT2D eigenvalue weighted by Crippen LogP contribution is 2.34. The Balaban J connectivity index is 1.48. The number of likely N-dealkylation sites (tertiary alicyclic amines) is 2. The summed E-state index contributed by atoms with van der Waals surface area (Å²) in [7, 11) is 0. The highest BCUT2D eigenvalue weighted by atomic mass is 16.5. The second kappa shape index (κ2) is 6.16. The molecule has 4 heterocycles. The van der Waals surface area contributed by atoms with Crippen LogP contribution in [0, 0.1) is 6.92 Å². The zero-order valence-corrected chi connectivity index (χ0v) is 14.0. The van der Waals surface area contributed by atoms with Crippen LogP contribution in [0.1, 0.15) is 37.1 Å². The molecule has 4 rings (SSSR count). The molecule has 3 fully saturated rings. The highest BCUT2D eigenvalue weighted by Gasteiger charge is 2.49. The maximum atomic E-state index is 12.7. The van der Waals surface area contributed by atoms with Gasteiger partial charge < -0.3 is 14.5 Å². The summed E-state index contributed by atoms with van der Waals surface area (Å²) < 4.78 is 5.54. The Hall–Kier alpha value is -1.95. The lowest BCUT2D eigenvalue weighted by Crippen LogP contribution is -2.44. The van der Waals surface area contributed by atoms with Gasteiger partial charge in [-0.3, -0.25) is 14.6 Å². The van der Waals surface area contributed by atoms with Crippen molar-refractivity contribution in [3.63, 3.8) is 0 Å². The number of rotatable bonds is 3. The topological polar surface area (TPSA) is 62.7 Å². The minimum atomic E-state index is -0.300. The van der Waals surface area contributed by atoms with E-state index in [1.165, 1.54) is 0 Å². The molecule has 24 heavy (non-hydrogen) atoms. The van der Waals surface area contributed by atoms with Gasteiger partial charge in [-0.1, -0.05) is 6.07 Å². The van der Waals surface area contributed by atoms with Gasteiger partial charge in [-0.05, 0) is 38.3 Å². The first kappa shape index (κ1) is 15.6. The third-order valence-electron chi connectivity index (χ3n) is 5.38. The fourth-order valence-corrected chi connectivity index (χ4v) is 4.23. The van der Waals surface area contributed by atoms with E-state index in [1.807, 2.05) is 34.9 Å². The predicted octanol–water partition coefficient (Wildman–Crippen LogP) is 1.27. The molecule has 3 aliphatic rings. The molecule has 3 aliphatic heterocycles. The number of nitrogens with zero attached hydrogens (tertiary/aromatic N) is 3. The minimum absolute atomic E-state index is 0.000917. The molecule has 2 amide bonds. The van der Waals surface area contributed by atoms with E-state index in [1.54, 1.807) is 0 Å². The van der Waals surface area contributed by atoms with Crippen molar-refractivity contribution >= 4 is 11.8 Å². The molecule has 1 aromatic heterocycles. The summed E-state index contributed by atoms with van der Waals surface area (Å²) in [4.78, 5) is 33.5. The van der Waals surface area contributed by atoms with Gasteiger partial charge in [-0.25, -0.2) is 0 Å². The molecular weight excluding hydrogens is 306 g/mol. The van der Waals surface area contributed by atoms with Gasteiger partial charge in [0.1, 0.15) is 6.10 Å². The molecule has 6 heteroatoms. The summed E-state index contributed by atoms with van der Waals surface area (Å²) >= 11 is 0. The van der Waals surface area contributed by atoms with E-state index < -0.39 is 0 Å². The molecule has 3 atom stereocenters. The van der Waals surface area contributed by atoms with Crippen LogP contribution in [0.25, 0.3) is 0 Å². The van der Waals surface area contributed by atoms with Crippen LogP contribution in [0.4, 0.5) is 0 Å². The number of fused-ring (bicyclic) bond motifs is 1. The van der Waals surface area contributed by atoms with E-state index in [2.05, 4.69) is 4.98 Å². The van der Waals surface area contributed by atoms with Gasteiger partial charge in [0.2, 0.25) is 5.91 Å². The van der Waals surface area contributed by atoms with Crippen LogP contribution in [0.2, 0.25) is 0 Å². The number of pyridine rings is 1. The Labute approximate surface area is 141 Å². The molecule has 1 aromatic rings. The molecule has 128 valence electrons. The van der Waals surface area contributed by atoms with Crippen LogP contribution in [-0.4, -0.2) is 57.9 Å². The van der Waals surface area contributed by atoms with Crippen molar-refractivity contribution in [2.75, 3.05) is 13.2 Å². The molecule has 0 N–H and O–H groups in total. The molecule has 0 radical (unpaired) electrons. The van der Waals surface area contributed by atoms with Crippen molar-refractivity contribution in [3.05, 3.63) is 29.6 Å². The lowest BCUT2D eigenvalue weighted by atomic mass is 10.1. The Bertz CT molecular complexity index is 657. The van der Waals surface area contributed by atoms with E-state index in [0.717, 1.165) is 37.2 Å². The van der Waals surface area contributed by atoms with Crippen LogP contribution in [0.15, 0.2) is 18.2 Å². The maximum absolute atomic E-state index is 12.7. The van der Waals surface area contributed by atoms with Gasteiger partial charge in [0.15, 0.2) is 0 Å². The smallest absolute Gasteiger partial charge is 0.252 e. The van der Waals surface area contributed by atoms with E-state index in [4.69, 9.17) is 4.74 Å². The van der Waals surface area contributed by atoms with Gasteiger partial charge in [-0.2, -0.15) is 0 Å². The van der Waals surface area contributed by atoms with Gasteiger partial charge in [0.05, 0.1) is 24.3 Å². The van der Waals surface area contributed by atoms with Gasteiger partial charge in [0.25, 0.3) is 5.91 Å². The third-order valence-corrected chi connectivity index (χ3v) is 5.38. The van der Waals surface area contributed by atoms with E-state index in [-0.39, 0.29) is 30.0 Å². The monoisotopic (exact) mass is 329 g/mol. The largest absolute Gasteiger partial charge is 0.368 e. The van der Waals surface area contributed by atoms with Crippen molar-refractivity contribution in [1.29, 1.82) is 0 Å². The lowest BCUT2D eigenvalue weighted by Gasteiger charge is -2.26. The standard InChI is InChI=1S/C18H23N3O3/c1-12-4-2-5-13(19-12)11-21-14-7-8-20(15(14)10-17(21)22)18(23)16-6-3-9-24-16/h2,4-5,14-16H,3,6-11H2,1H3/t14-,15+,16+/m0/s1. The molecule has 0 aliphatic carbocycles. The van der Waals surface area contributed by atoms with E-state index >= 15 is 0 Å². The van der Waals surface area contributed by atoms with Crippen LogP contribution >= 0.6 is 0 Å². The third kappa shape index (κ3) is 2.69. The van der Waals surface area contributed by atoms with Crippen molar-refractivity contribution in [2.45, 2.75) is 57.3 Å². The quantitative estimate of drug-likeness (QED) is 0.838. The molecule has 6 nitrogen and oxygen atoms in total. The summed E-state index contributed by atoms with van der Waals surface area (Å²) in [5, 5.41) is 0. The van der Waals surface area contributed by atoms with E-state index in [0.29, 0.717) is 19.6 Å². The molecule has 0 spiro atoms. The molecule has 0 bridgehead atoms. The second-order valence-corrected chi connectivity index (χ2v) is 6.95. The Morgan fingerprint density at radius 1 is 1.33 bits per heavy atom. The van der Waals surface area contributed by atoms with Crippen LogP contribution in [0.3, 0.4) is 0 Å². The maximum Gasteiger partial charge on any atom is 0.252 e. The molecule has 3 saturated heterocycles. The normalized spacial score (nSPS) is 29.4. The van der Waals surface area contributed by atoms with Crippen molar-refractivity contribution in [3.8, 4) is 0 Å². The average Bonchev–Trinajstić information content (AvgIpc) is 3.26. The summed E-state index contributed by atoms with van der Waals surface area (Å²) in [6, 6.07) is 6.00. The van der Waals surface area contributed by atoms with Crippen LogP contribution in [-0.2, 0) is 20.9 Å². The molecular formula is C18H23N3O3. The number of ether oxygens (including phenoxy) is 1. The Kier molecular flexibility index (Phi) is 4.00. The average molecular weight is 329 g/mol. The van der Waals surface area contributed by atoms with Crippen LogP contribution in [0.5, 0.6) is 0 Å². The lowest BCUT2D eigenvalue weighted by molar-refractivity contribution is -0.141. The highest BCUT2D eigenvalue weighted by molar-refractivity contribution is 5.85. The second-order valence-electron chi connectivity index (χ2n) is 6.95. The molecule has 0 saturated carbocycles. The van der Waals surface area contributed by atoms with Gasteiger partial charge >= 0.3 is 0 Å². The number of hydrogen-bond acceptors (Lipinski definition) is 4. The van der Waals surface area contributed by atoms with Crippen LogP contribution < -0.4 is 0 Å². The first-order chi connectivity index (χ1) is 11.6. The zero-order valence-electron chi connectivity index (χ0n) is 14.0. The van der Waals surface area contributed by atoms with Crippen molar-refractivity contribution in [2.24, 2.45) is 0 Å². The van der Waals surface area contributed by atoms with Gasteiger partial charge in [0, 0.05) is 25.3 Å². The SMILES string of the molecule is Cc1cccc(CN2C(=O)C[C@@H]3[C@@H]2CCN3C(=O)[C@H]2CCCO2)n1. The first-order valence-corrected chi connectivity index (χ1v) is 8.77. The summed E-state index contributed by atoms with van der Waals surface area (Å²) in [6.07, 6.45) is 2.72. The first-order valence-electron chi connectivity index (χ1n) is 8.77. The van der Waals surface area contributed by atoms with E-state index in [9.17, 15) is 9.59 Å². The number of carbonyl (C=O) groups excluding carboxylic acids is 2. The fourth-order valence-electron chi connectivity index (χ4n) is 4.23. The molecule has 0 unspecified atom stereocenters. The molecule has 0 aromatic carbocycles. The minimum Gasteiger partial charge on any atom is -0.368 e. The predicted molar refractivity (Wildman–Crippen MR) is 87.0 cm³/mol. The van der Waals surface area contributed by atoms with Crippen molar-refractivity contribution in [1.82, 2.24) is 14.8 Å². The Morgan fingerprint density at radius 3 is 2.96 bits per heavy atom. The summed E-state index contributed by atoms with van der Waals surface area (Å²) in [5.74, 6) is 0.196. The van der Waals surface area contributed by atoms with Gasteiger partial charge in [-0.15, -0.1) is 0 Å².